The second-order valence-corrected chi connectivity index (χ2v) is 11.4. The largest absolute Gasteiger partial charge is 0.444 e. The summed E-state index contributed by atoms with van der Waals surface area (Å²) in [6.07, 6.45) is 1.43. The van der Waals surface area contributed by atoms with E-state index in [1.165, 1.54) is 16.5 Å². The molecule has 0 atom stereocenters. The molecule has 3 heterocycles. The molecule has 210 valence electrons. The highest BCUT2D eigenvalue weighted by Crippen LogP contribution is 2.40. The van der Waals surface area contributed by atoms with Crippen molar-refractivity contribution in [3.8, 4) is 0 Å². The van der Waals surface area contributed by atoms with Crippen LogP contribution >= 0.6 is 0 Å². The Morgan fingerprint density at radius 1 is 0.975 bits per heavy atom. The number of imidazole rings is 1. The zero-order chi connectivity index (χ0) is 28.2. The van der Waals surface area contributed by atoms with E-state index in [0.29, 0.717) is 48.5 Å². The SMILES string of the molecule is CC(C)(C)OC(=O)N1CCN(c2cc3c(cc2F)n2c(=O)n(OCc4ccccc4)c(=O)cc2n3C2CC2)CC1. The standard InChI is InChI=1S/C29H32FN5O5/c1-29(2,3)40-28(38)32-13-11-31(12-14-32)22-16-24-23(15-21(22)30)34-25(33(24)20-9-10-20)17-26(36)35(27(34)37)39-18-19-7-5-4-6-8-19/h4-8,15-17,20H,9-14,18H2,1-3H3. The van der Waals surface area contributed by atoms with E-state index in [0.717, 1.165) is 23.1 Å². The second kappa shape index (κ2) is 9.72. The molecular weight excluding hydrogens is 517 g/mol. The summed E-state index contributed by atoms with van der Waals surface area (Å²) in [7, 11) is 0. The molecule has 1 amide bonds. The third-order valence-corrected chi connectivity index (χ3v) is 7.23. The molecule has 1 aliphatic heterocycles. The van der Waals surface area contributed by atoms with Gasteiger partial charge in [0.15, 0.2) is 0 Å². The van der Waals surface area contributed by atoms with E-state index in [-0.39, 0.29) is 18.7 Å². The fraction of sp³-hybridized carbons (Fsp3) is 0.414. The van der Waals surface area contributed by atoms with Gasteiger partial charge in [-0.2, -0.15) is 0 Å². The number of amides is 1. The topological polar surface area (TPSA) is 90.4 Å². The molecule has 1 saturated heterocycles. The lowest BCUT2D eigenvalue weighted by molar-refractivity contribution is 0.0240. The molecule has 6 rings (SSSR count). The number of benzene rings is 2. The monoisotopic (exact) mass is 549 g/mol. The Labute approximate surface area is 229 Å². The van der Waals surface area contributed by atoms with Crippen LogP contribution in [0.25, 0.3) is 16.7 Å². The first kappa shape index (κ1) is 26.0. The summed E-state index contributed by atoms with van der Waals surface area (Å²) in [6, 6.07) is 13.8. The quantitative estimate of drug-likeness (QED) is 0.378. The van der Waals surface area contributed by atoms with E-state index >= 15 is 4.39 Å². The fourth-order valence-electron chi connectivity index (χ4n) is 5.20. The molecule has 2 aromatic heterocycles. The van der Waals surface area contributed by atoms with Crippen molar-refractivity contribution in [1.29, 1.82) is 0 Å². The van der Waals surface area contributed by atoms with E-state index in [1.807, 2.05) is 60.6 Å². The second-order valence-electron chi connectivity index (χ2n) is 11.4. The molecule has 4 aromatic rings. The van der Waals surface area contributed by atoms with Gasteiger partial charge in [0, 0.05) is 44.4 Å². The Kier molecular flexibility index (Phi) is 6.31. The first-order valence-corrected chi connectivity index (χ1v) is 13.5. The van der Waals surface area contributed by atoms with Crippen LogP contribution in [0.1, 0.15) is 45.2 Å². The fourth-order valence-corrected chi connectivity index (χ4v) is 5.20. The van der Waals surface area contributed by atoms with Gasteiger partial charge < -0.3 is 23.9 Å². The van der Waals surface area contributed by atoms with Gasteiger partial charge in [0.1, 0.15) is 23.7 Å². The Bertz CT molecular complexity index is 1710. The molecule has 40 heavy (non-hydrogen) atoms. The maximum atomic E-state index is 15.6. The van der Waals surface area contributed by atoms with E-state index in [2.05, 4.69) is 0 Å². The predicted octanol–water partition coefficient (Wildman–Crippen LogP) is 3.58. The molecule has 0 radical (unpaired) electrons. The number of anilines is 1. The molecule has 0 bridgehead atoms. The third-order valence-electron chi connectivity index (χ3n) is 7.23. The minimum Gasteiger partial charge on any atom is -0.444 e. The number of rotatable bonds is 5. The van der Waals surface area contributed by atoms with Crippen LogP contribution in [0.3, 0.4) is 0 Å². The highest BCUT2D eigenvalue weighted by atomic mass is 19.1. The van der Waals surface area contributed by atoms with Crippen molar-refractivity contribution in [2.45, 2.75) is 51.9 Å². The van der Waals surface area contributed by atoms with Crippen LogP contribution in [-0.2, 0) is 11.3 Å². The highest BCUT2D eigenvalue weighted by molar-refractivity contribution is 5.86. The molecule has 0 unspecified atom stereocenters. The number of fused-ring (bicyclic) bond motifs is 3. The molecule has 11 heteroatoms. The molecule has 2 aromatic carbocycles. The lowest BCUT2D eigenvalue weighted by atomic mass is 10.2. The Morgan fingerprint density at radius 2 is 1.68 bits per heavy atom. The summed E-state index contributed by atoms with van der Waals surface area (Å²) in [5.74, 6) is -0.483. The number of ether oxygens (including phenoxy) is 1. The molecule has 2 fully saturated rings. The minimum atomic E-state index is -0.680. The Hall–Kier alpha value is -4.28. The summed E-state index contributed by atoms with van der Waals surface area (Å²) >= 11 is 0. The van der Waals surface area contributed by atoms with Crippen LogP contribution in [0.15, 0.2) is 58.1 Å². The van der Waals surface area contributed by atoms with Gasteiger partial charge in [-0.25, -0.2) is 18.4 Å². The van der Waals surface area contributed by atoms with E-state index in [1.54, 1.807) is 11.0 Å². The van der Waals surface area contributed by atoms with Gasteiger partial charge in [-0.3, -0.25) is 4.79 Å². The third kappa shape index (κ3) is 4.80. The number of hydrogen-bond acceptors (Lipinski definition) is 6. The van der Waals surface area contributed by atoms with Gasteiger partial charge in [-0.1, -0.05) is 35.1 Å². The van der Waals surface area contributed by atoms with Crippen LogP contribution in [0.4, 0.5) is 14.9 Å². The molecule has 2 aliphatic rings. The normalized spacial score (nSPS) is 16.1. The van der Waals surface area contributed by atoms with Crippen molar-refractivity contribution in [3.05, 3.63) is 80.7 Å². The summed E-state index contributed by atoms with van der Waals surface area (Å²) in [4.78, 5) is 48.2. The molecule has 10 nitrogen and oxygen atoms in total. The van der Waals surface area contributed by atoms with Gasteiger partial charge in [0.25, 0.3) is 5.56 Å². The number of nitrogens with zero attached hydrogens (tertiary/aromatic N) is 5. The molecule has 0 spiro atoms. The lowest BCUT2D eigenvalue weighted by Gasteiger charge is -2.36. The predicted molar refractivity (Wildman–Crippen MR) is 148 cm³/mol. The number of carbonyl (C=O) groups excluding carboxylic acids is 1. The zero-order valence-corrected chi connectivity index (χ0v) is 22.8. The summed E-state index contributed by atoms with van der Waals surface area (Å²) in [6.45, 7) is 7.17. The highest BCUT2D eigenvalue weighted by Gasteiger charge is 2.31. The van der Waals surface area contributed by atoms with Crippen molar-refractivity contribution < 1.29 is 18.8 Å². The Balaban J connectivity index is 1.36. The minimum absolute atomic E-state index is 0.0388. The molecular formula is C29H32FN5O5. The smallest absolute Gasteiger partial charge is 0.410 e. The van der Waals surface area contributed by atoms with Gasteiger partial charge in [0.2, 0.25) is 0 Å². The summed E-state index contributed by atoms with van der Waals surface area (Å²) < 4.78 is 25.2. The molecule has 0 N–H and O–H groups in total. The van der Waals surface area contributed by atoms with E-state index in [4.69, 9.17) is 9.57 Å². The Morgan fingerprint density at radius 3 is 2.33 bits per heavy atom. The number of halogens is 1. The van der Waals surface area contributed by atoms with Crippen LogP contribution in [-0.4, -0.2) is 56.5 Å². The molecule has 1 aliphatic carbocycles. The van der Waals surface area contributed by atoms with E-state index < -0.39 is 22.7 Å². The summed E-state index contributed by atoms with van der Waals surface area (Å²) in [5.41, 5.74) is 0.813. The number of carbonyl (C=O) groups is 1. The van der Waals surface area contributed by atoms with Gasteiger partial charge in [-0.15, -0.1) is 0 Å². The van der Waals surface area contributed by atoms with Gasteiger partial charge in [0.05, 0.1) is 16.7 Å². The van der Waals surface area contributed by atoms with Crippen LogP contribution in [0, 0.1) is 5.82 Å². The van der Waals surface area contributed by atoms with Crippen molar-refractivity contribution >= 4 is 28.5 Å². The number of piperazine rings is 1. The van der Waals surface area contributed by atoms with Gasteiger partial charge in [-0.05, 0) is 45.2 Å². The number of hydrogen-bond donors (Lipinski definition) is 0. The lowest BCUT2D eigenvalue weighted by Crippen LogP contribution is -2.50. The first-order chi connectivity index (χ1) is 19.1. The van der Waals surface area contributed by atoms with Crippen LogP contribution in [0.5, 0.6) is 0 Å². The first-order valence-electron chi connectivity index (χ1n) is 13.5. The van der Waals surface area contributed by atoms with Crippen molar-refractivity contribution in [2.75, 3.05) is 31.1 Å². The van der Waals surface area contributed by atoms with Crippen LogP contribution < -0.4 is 21.0 Å². The maximum Gasteiger partial charge on any atom is 0.410 e. The average Bonchev–Trinajstić information content (AvgIpc) is 3.70. The van der Waals surface area contributed by atoms with Crippen molar-refractivity contribution in [3.63, 3.8) is 0 Å². The summed E-state index contributed by atoms with van der Waals surface area (Å²) in [5, 5.41) is 0. The maximum absolute atomic E-state index is 15.6. The zero-order valence-electron chi connectivity index (χ0n) is 22.8. The van der Waals surface area contributed by atoms with E-state index in [9.17, 15) is 14.4 Å². The molecule has 1 saturated carbocycles. The van der Waals surface area contributed by atoms with Crippen LogP contribution in [0.2, 0.25) is 0 Å². The van der Waals surface area contributed by atoms with Crippen molar-refractivity contribution in [2.24, 2.45) is 0 Å². The number of aromatic nitrogens is 3. The average molecular weight is 550 g/mol. The van der Waals surface area contributed by atoms with Crippen molar-refractivity contribution in [1.82, 2.24) is 18.6 Å². The van der Waals surface area contributed by atoms with Gasteiger partial charge >= 0.3 is 11.8 Å².